The van der Waals surface area contributed by atoms with Crippen molar-refractivity contribution in [1.29, 1.82) is 0 Å². The Kier molecular flexibility index (Phi) is 5.79. The molecule has 1 spiro atoms. The summed E-state index contributed by atoms with van der Waals surface area (Å²) >= 11 is 3.41. The van der Waals surface area contributed by atoms with Crippen molar-refractivity contribution in [3.8, 4) is 11.5 Å². The monoisotopic (exact) mass is 455 g/mol. The lowest BCUT2D eigenvalue weighted by molar-refractivity contribution is -0.0559. The standard InChI is InChI=1S/C20H26BrNO6/c1-19(2,3)28-18(24)22-7-5-20(6-8-22)12-26-15-10-14(17(23)25-4)13(11-21)9-16(15)27-20/h9-10H,5-8,11-12H2,1-4H3. The number of amides is 1. The number of esters is 1. The summed E-state index contributed by atoms with van der Waals surface area (Å²) in [6, 6.07) is 3.48. The normalized spacial score (nSPS) is 18.0. The highest BCUT2D eigenvalue weighted by Crippen LogP contribution is 2.41. The maximum atomic E-state index is 12.3. The van der Waals surface area contributed by atoms with Crippen molar-refractivity contribution in [3.63, 3.8) is 0 Å². The molecule has 2 heterocycles. The van der Waals surface area contributed by atoms with E-state index in [0.717, 1.165) is 5.56 Å². The molecule has 0 unspecified atom stereocenters. The van der Waals surface area contributed by atoms with Crippen molar-refractivity contribution >= 4 is 28.0 Å². The fraction of sp³-hybridized carbons (Fsp3) is 0.600. The van der Waals surface area contributed by atoms with Gasteiger partial charge in [-0.15, -0.1) is 0 Å². The molecule has 0 bridgehead atoms. The van der Waals surface area contributed by atoms with Crippen molar-refractivity contribution in [2.75, 3.05) is 26.8 Å². The minimum Gasteiger partial charge on any atom is -0.485 e. The molecule has 0 N–H and O–H groups in total. The van der Waals surface area contributed by atoms with E-state index in [1.54, 1.807) is 11.0 Å². The van der Waals surface area contributed by atoms with Gasteiger partial charge in [0.05, 0.1) is 12.7 Å². The zero-order valence-electron chi connectivity index (χ0n) is 16.7. The van der Waals surface area contributed by atoms with Crippen LogP contribution in [0.15, 0.2) is 12.1 Å². The lowest BCUT2D eigenvalue weighted by Crippen LogP contribution is -2.54. The highest BCUT2D eigenvalue weighted by atomic mass is 79.9. The lowest BCUT2D eigenvalue weighted by Gasteiger charge is -2.44. The maximum Gasteiger partial charge on any atom is 0.410 e. The number of likely N-dealkylation sites (tertiary alicyclic amines) is 1. The number of fused-ring (bicyclic) bond motifs is 1. The van der Waals surface area contributed by atoms with Crippen LogP contribution in [-0.4, -0.2) is 55.0 Å². The summed E-state index contributed by atoms with van der Waals surface area (Å²) in [6.45, 7) is 7.02. The van der Waals surface area contributed by atoms with Gasteiger partial charge < -0.3 is 23.8 Å². The van der Waals surface area contributed by atoms with E-state index in [2.05, 4.69) is 15.9 Å². The molecule has 28 heavy (non-hydrogen) atoms. The summed E-state index contributed by atoms with van der Waals surface area (Å²) in [5.41, 5.74) is 0.232. The Labute approximate surface area is 173 Å². The van der Waals surface area contributed by atoms with E-state index < -0.39 is 17.2 Å². The summed E-state index contributed by atoms with van der Waals surface area (Å²) in [7, 11) is 1.35. The Hall–Kier alpha value is -1.96. The average Bonchev–Trinajstić information content (AvgIpc) is 2.65. The Balaban J connectivity index is 1.72. The molecular weight excluding hydrogens is 430 g/mol. The molecular formula is C20H26BrNO6. The predicted octanol–water partition coefficient (Wildman–Crippen LogP) is 3.91. The van der Waals surface area contributed by atoms with E-state index in [1.807, 2.05) is 26.8 Å². The van der Waals surface area contributed by atoms with Gasteiger partial charge in [-0.2, -0.15) is 0 Å². The molecule has 0 atom stereocenters. The van der Waals surface area contributed by atoms with Gasteiger partial charge in [0.15, 0.2) is 11.5 Å². The molecule has 8 heteroatoms. The third-order valence-corrected chi connectivity index (χ3v) is 5.47. The molecule has 1 aromatic rings. The summed E-state index contributed by atoms with van der Waals surface area (Å²) < 4.78 is 22.6. The highest BCUT2D eigenvalue weighted by Gasteiger charge is 2.43. The van der Waals surface area contributed by atoms with Crippen LogP contribution in [0.1, 0.15) is 49.5 Å². The van der Waals surface area contributed by atoms with Gasteiger partial charge >= 0.3 is 12.1 Å². The van der Waals surface area contributed by atoms with E-state index in [0.29, 0.717) is 54.9 Å². The Morgan fingerprint density at radius 3 is 2.46 bits per heavy atom. The SMILES string of the molecule is COC(=O)c1cc2c(cc1CBr)OC1(CCN(C(=O)OC(C)(C)C)CC1)CO2. The summed E-state index contributed by atoms with van der Waals surface area (Å²) in [5, 5.41) is 0.494. The molecule has 0 aromatic heterocycles. The topological polar surface area (TPSA) is 74.3 Å². The molecule has 3 rings (SSSR count). The van der Waals surface area contributed by atoms with Gasteiger partial charge in [-0.3, -0.25) is 0 Å². The van der Waals surface area contributed by atoms with Crippen LogP contribution in [0.25, 0.3) is 0 Å². The molecule has 7 nitrogen and oxygen atoms in total. The third kappa shape index (κ3) is 4.37. The maximum absolute atomic E-state index is 12.3. The summed E-state index contributed by atoms with van der Waals surface area (Å²) in [5.74, 6) is 0.733. The van der Waals surface area contributed by atoms with E-state index in [-0.39, 0.29) is 6.09 Å². The van der Waals surface area contributed by atoms with Crippen molar-refractivity contribution in [2.45, 2.75) is 50.1 Å². The molecule has 0 radical (unpaired) electrons. The molecule has 0 aliphatic carbocycles. The van der Waals surface area contributed by atoms with E-state index >= 15 is 0 Å². The fourth-order valence-electron chi connectivity index (χ4n) is 3.35. The smallest absolute Gasteiger partial charge is 0.410 e. The number of methoxy groups -OCH3 is 1. The van der Waals surface area contributed by atoms with Crippen molar-refractivity contribution in [2.24, 2.45) is 0 Å². The largest absolute Gasteiger partial charge is 0.485 e. The zero-order chi connectivity index (χ0) is 20.5. The Morgan fingerprint density at radius 2 is 1.89 bits per heavy atom. The van der Waals surface area contributed by atoms with Crippen LogP contribution in [-0.2, 0) is 14.8 Å². The van der Waals surface area contributed by atoms with Crippen molar-refractivity contribution in [3.05, 3.63) is 23.3 Å². The van der Waals surface area contributed by atoms with Gasteiger partial charge in [0.2, 0.25) is 0 Å². The number of benzene rings is 1. The first kappa shape index (κ1) is 20.8. The fourth-order valence-corrected chi connectivity index (χ4v) is 3.81. The van der Waals surface area contributed by atoms with Crippen LogP contribution < -0.4 is 9.47 Å². The van der Waals surface area contributed by atoms with Crippen LogP contribution >= 0.6 is 15.9 Å². The number of ether oxygens (including phenoxy) is 4. The van der Waals surface area contributed by atoms with Gasteiger partial charge in [0.25, 0.3) is 0 Å². The number of carbonyl (C=O) groups is 2. The van der Waals surface area contributed by atoms with Gasteiger partial charge in [-0.05, 0) is 38.5 Å². The zero-order valence-corrected chi connectivity index (χ0v) is 18.3. The summed E-state index contributed by atoms with van der Waals surface area (Å²) in [6.07, 6.45) is 0.992. The van der Waals surface area contributed by atoms with E-state index in [1.165, 1.54) is 7.11 Å². The number of nitrogens with zero attached hydrogens (tertiary/aromatic N) is 1. The number of alkyl halides is 1. The lowest BCUT2D eigenvalue weighted by atomic mass is 9.91. The first-order chi connectivity index (χ1) is 13.2. The Morgan fingerprint density at radius 1 is 1.21 bits per heavy atom. The van der Waals surface area contributed by atoms with Gasteiger partial charge in [0.1, 0.15) is 17.8 Å². The van der Waals surface area contributed by atoms with Crippen molar-refractivity contribution in [1.82, 2.24) is 4.90 Å². The second-order valence-corrected chi connectivity index (χ2v) is 8.68. The molecule has 0 saturated carbocycles. The van der Waals surface area contributed by atoms with Crippen molar-refractivity contribution < 1.29 is 28.5 Å². The van der Waals surface area contributed by atoms with Crippen LogP contribution in [0.4, 0.5) is 4.79 Å². The third-order valence-electron chi connectivity index (χ3n) is 4.86. The number of carbonyl (C=O) groups excluding carboxylic acids is 2. The van der Waals surface area contributed by atoms with Gasteiger partial charge in [0, 0.05) is 31.3 Å². The second-order valence-electron chi connectivity index (χ2n) is 8.12. The molecule has 1 amide bonds. The van der Waals surface area contributed by atoms with Gasteiger partial charge in [-0.1, -0.05) is 15.9 Å². The second kappa shape index (κ2) is 7.81. The quantitative estimate of drug-likeness (QED) is 0.497. The minimum absolute atomic E-state index is 0.302. The minimum atomic E-state index is -0.515. The highest BCUT2D eigenvalue weighted by molar-refractivity contribution is 9.08. The molecule has 2 aliphatic heterocycles. The number of piperidine rings is 1. The number of rotatable bonds is 2. The van der Waals surface area contributed by atoms with Crippen LogP contribution in [0.2, 0.25) is 0 Å². The first-order valence-corrected chi connectivity index (χ1v) is 10.4. The molecule has 1 saturated heterocycles. The molecule has 1 aromatic carbocycles. The number of hydrogen-bond donors (Lipinski definition) is 0. The Bertz CT molecular complexity index is 765. The van der Waals surface area contributed by atoms with Crippen LogP contribution in [0, 0.1) is 0 Å². The average molecular weight is 456 g/mol. The molecule has 154 valence electrons. The van der Waals surface area contributed by atoms with Gasteiger partial charge in [-0.25, -0.2) is 9.59 Å². The predicted molar refractivity (Wildman–Crippen MR) is 106 cm³/mol. The van der Waals surface area contributed by atoms with E-state index in [9.17, 15) is 9.59 Å². The van der Waals surface area contributed by atoms with Crippen LogP contribution in [0.5, 0.6) is 11.5 Å². The number of halogens is 1. The first-order valence-electron chi connectivity index (χ1n) is 9.27. The molecule has 2 aliphatic rings. The van der Waals surface area contributed by atoms with Crippen LogP contribution in [0.3, 0.4) is 0 Å². The molecule has 1 fully saturated rings. The summed E-state index contributed by atoms with van der Waals surface area (Å²) in [4.78, 5) is 26.0. The number of hydrogen-bond acceptors (Lipinski definition) is 6. The van der Waals surface area contributed by atoms with E-state index in [4.69, 9.17) is 18.9 Å².